The van der Waals surface area contributed by atoms with Gasteiger partial charge in [0.15, 0.2) is 6.10 Å². The molecule has 0 aliphatic carbocycles. The van der Waals surface area contributed by atoms with Crippen molar-refractivity contribution in [3.05, 3.63) is 55.3 Å². The second-order valence-electron chi connectivity index (χ2n) is 4.59. The van der Waals surface area contributed by atoms with Crippen LogP contribution < -0.4 is 21.3 Å². The molecule has 0 fully saturated rings. The number of rotatable bonds is 4. The lowest BCUT2D eigenvalue weighted by Crippen LogP contribution is -2.34. The van der Waals surface area contributed by atoms with Crippen molar-refractivity contribution in [1.82, 2.24) is 9.97 Å². The number of ether oxygens (including phenoxy) is 1. The fourth-order valence-corrected chi connectivity index (χ4v) is 2.14. The summed E-state index contributed by atoms with van der Waals surface area (Å²) in [5.74, 6) is 0.00801. The van der Waals surface area contributed by atoms with Crippen LogP contribution in [0.2, 0.25) is 0 Å². The van der Waals surface area contributed by atoms with E-state index in [1.807, 2.05) is 6.07 Å². The molecule has 0 bridgehead atoms. The van der Waals surface area contributed by atoms with Crippen molar-refractivity contribution >= 4 is 27.5 Å². The lowest BCUT2D eigenvalue weighted by atomic mass is 10.3. The Kier molecular flexibility index (Phi) is 4.81. The molecule has 0 saturated heterocycles. The van der Waals surface area contributed by atoms with Gasteiger partial charge in [-0.1, -0.05) is 12.1 Å². The minimum atomic E-state index is -0.829. The van der Waals surface area contributed by atoms with Crippen LogP contribution in [0.25, 0.3) is 0 Å². The van der Waals surface area contributed by atoms with E-state index in [4.69, 9.17) is 4.74 Å². The summed E-state index contributed by atoms with van der Waals surface area (Å²) in [6.07, 6.45) is -0.829. The van der Waals surface area contributed by atoms with Gasteiger partial charge in [-0.15, -0.1) is 0 Å². The number of para-hydroxylation sites is 1. The van der Waals surface area contributed by atoms with Gasteiger partial charge in [0, 0.05) is 5.69 Å². The van der Waals surface area contributed by atoms with E-state index in [0.29, 0.717) is 10.2 Å². The van der Waals surface area contributed by atoms with Crippen molar-refractivity contribution in [2.24, 2.45) is 0 Å². The molecule has 116 valence electrons. The highest BCUT2D eigenvalue weighted by atomic mass is 79.9. The molecule has 8 heteroatoms. The molecule has 0 radical (unpaired) electrons. The average molecular weight is 368 g/mol. The fraction of sp³-hybridized carbons (Fsp3) is 0.214. The van der Waals surface area contributed by atoms with Crippen LogP contribution in [0.5, 0.6) is 5.75 Å². The van der Waals surface area contributed by atoms with E-state index in [2.05, 4.69) is 31.2 Å². The molecule has 0 unspecified atom stereocenters. The molecule has 0 saturated carbocycles. The summed E-state index contributed by atoms with van der Waals surface area (Å²) in [4.78, 5) is 39.4. The summed E-state index contributed by atoms with van der Waals surface area (Å²) < 4.78 is 6.25. The smallest absolute Gasteiger partial charge is 0.326 e. The second-order valence-corrected chi connectivity index (χ2v) is 5.44. The average Bonchev–Trinajstić information content (AvgIpc) is 2.45. The number of nitrogens with one attached hydrogen (secondary N) is 3. The Morgan fingerprint density at radius 3 is 2.59 bits per heavy atom. The zero-order valence-corrected chi connectivity index (χ0v) is 13.5. The maximum absolute atomic E-state index is 12.1. The van der Waals surface area contributed by atoms with Gasteiger partial charge in [-0.05, 0) is 41.9 Å². The third kappa shape index (κ3) is 3.64. The lowest BCUT2D eigenvalue weighted by Gasteiger charge is -2.15. The van der Waals surface area contributed by atoms with Gasteiger partial charge in [-0.2, -0.15) is 0 Å². The van der Waals surface area contributed by atoms with Gasteiger partial charge in [0.1, 0.15) is 11.4 Å². The number of hydrogen-bond donors (Lipinski definition) is 3. The zero-order chi connectivity index (χ0) is 16.3. The number of aryl methyl sites for hydroxylation is 1. The Hall–Kier alpha value is -2.35. The van der Waals surface area contributed by atoms with Crippen LogP contribution >= 0.6 is 15.9 Å². The Balaban J connectivity index is 2.14. The number of aromatic nitrogens is 2. The van der Waals surface area contributed by atoms with E-state index in [9.17, 15) is 14.4 Å². The predicted octanol–water partition coefficient (Wildman–Crippen LogP) is 1.54. The standard InChI is InChI=1S/C14H14BrN3O4/c1-7-11(13(20)18-14(21)16-7)17-12(19)8(2)22-10-6-4-3-5-9(10)15/h3-6,8H,1-2H3,(H,17,19)(H2,16,18,20,21)/t8-/m0/s1. The monoisotopic (exact) mass is 367 g/mol. The molecule has 1 heterocycles. The molecule has 3 N–H and O–H groups in total. The summed E-state index contributed by atoms with van der Waals surface area (Å²) >= 11 is 3.32. The third-order valence-electron chi connectivity index (χ3n) is 2.89. The molecule has 1 atom stereocenters. The lowest BCUT2D eigenvalue weighted by molar-refractivity contribution is -0.122. The number of hydrogen-bond acceptors (Lipinski definition) is 4. The van der Waals surface area contributed by atoms with Crippen molar-refractivity contribution < 1.29 is 9.53 Å². The van der Waals surface area contributed by atoms with Crippen molar-refractivity contribution in [3.63, 3.8) is 0 Å². The van der Waals surface area contributed by atoms with Crippen molar-refractivity contribution in [2.45, 2.75) is 20.0 Å². The number of halogens is 1. The molecule has 1 aromatic carbocycles. The van der Waals surface area contributed by atoms with Gasteiger partial charge in [-0.3, -0.25) is 14.6 Å². The zero-order valence-electron chi connectivity index (χ0n) is 11.9. The highest BCUT2D eigenvalue weighted by Gasteiger charge is 2.18. The molecular weight excluding hydrogens is 354 g/mol. The molecule has 2 rings (SSSR count). The van der Waals surface area contributed by atoms with Crippen LogP contribution in [0.15, 0.2) is 38.3 Å². The van der Waals surface area contributed by atoms with Gasteiger partial charge in [0.2, 0.25) is 0 Å². The maximum Gasteiger partial charge on any atom is 0.326 e. The van der Waals surface area contributed by atoms with Gasteiger partial charge >= 0.3 is 5.69 Å². The van der Waals surface area contributed by atoms with E-state index in [0.717, 1.165) is 0 Å². The van der Waals surface area contributed by atoms with E-state index in [1.54, 1.807) is 25.1 Å². The first-order valence-electron chi connectivity index (χ1n) is 6.43. The van der Waals surface area contributed by atoms with Gasteiger partial charge in [0.25, 0.3) is 11.5 Å². The SMILES string of the molecule is Cc1[nH]c(=O)[nH]c(=O)c1NC(=O)[C@H](C)Oc1ccccc1Br. The van der Waals surface area contributed by atoms with Gasteiger partial charge in [-0.25, -0.2) is 4.79 Å². The molecule has 7 nitrogen and oxygen atoms in total. The summed E-state index contributed by atoms with van der Waals surface area (Å²) in [5, 5.41) is 2.45. The Labute approximate surface area is 133 Å². The van der Waals surface area contributed by atoms with Crippen molar-refractivity contribution in [2.75, 3.05) is 5.32 Å². The molecule has 0 spiro atoms. The molecule has 1 aromatic heterocycles. The van der Waals surface area contributed by atoms with E-state index in [-0.39, 0.29) is 11.4 Å². The fourth-order valence-electron chi connectivity index (χ4n) is 1.76. The summed E-state index contributed by atoms with van der Waals surface area (Å²) in [7, 11) is 0. The minimum Gasteiger partial charge on any atom is -0.480 e. The van der Waals surface area contributed by atoms with Crippen LogP contribution in [0, 0.1) is 6.92 Å². The molecule has 22 heavy (non-hydrogen) atoms. The Morgan fingerprint density at radius 2 is 1.95 bits per heavy atom. The number of amides is 1. The van der Waals surface area contributed by atoms with E-state index < -0.39 is 23.3 Å². The summed E-state index contributed by atoms with van der Waals surface area (Å²) in [5.41, 5.74) is -1.02. The normalized spacial score (nSPS) is 11.8. The van der Waals surface area contributed by atoms with Crippen LogP contribution in [0.3, 0.4) is 0 Å². The number of H-pyrrole nitrogens is 2. The van der Waals surface area contributed by atoms with Crippen LogP contribution in [0.4, 0.5) is 5.69 Å². The number of carbonyl (C=O) groups is 1. The highest BCUT2D eigenvalue weighted by molar-refractivity contribution is 9.10. The predicted molar refractivity (Wildman–Crippen MR) is 85.3 cm³/mol. The Bertz CT molecular complexity index is 812. The first kappa shape index (κ1) is 16.0. The van der Waals surface area contributed by atoms with Gasteiger partial charge < -0.3 is 15.0 Å². The molecule has 0 aliphatic heterocycles. The van der Waals surface area contributed by atoms with Crippen LogP contribution in [-0.4, -0.2) is 22.0 Å². The van der Waals surface area contributed by atoms with Crippen molar-refractivity contribution in [1.29, 1.82) is 0 Å². The molecular formula is C14H14BrN3O4. The molecule has 0 aliphatic rings. The topological polar surface area (TPSA) is 104 Å². The second kappa shape index (κ2) is 6.61. The third-order valence-corrected chi connectivity index (χ3v) is 3.54. The first-order chi connectivity index (χ1) is 10.4. The number of carbonyl (C=O) groups excluding carboxylic acids is 1. The molecule has 2 aromatic rings. The van der Waals surface area contributed by atoms with Crippen LogP contribution in [0.1, 0.15) is 12.6 Å². The van der Waals surface area contributed by atoms with E-state index in [1.165, 1.54) is 6.92 Å². The van der Waals surface area contributed by atoms with Crippen LogP contribution in [-0.2, 0) is 4.79 Å². The summed E-state index contributed by atoms with van der Waals surface area (Å²) in [6, 6.07) is 7.11. The first-order valence-corrected chi connectivity index (χ1v) is 7.23. The van der Waals surface area contributed by atoms with E-state index >= 15 is 0 Å². The Morgan fingerprint density at radius 1 is 1.27 bits per heavy atom. The molecule has 1 amide bonds. The quantitative estimate of drug-likeness (QED) is 0.762. The number of aromatic amines is 2. The largest absolute Gasteiger partial charge is 0.480 e. The van der Waals surface area contributed by atoms with Gasteiger partial charge in [0.05, 0.1) is 4.47 Å². The summed E-state index contributed by atoms with van der Waals surface area (Å²) in [6.45, 7) is 3.08. The highest BCUT2D eigenvalue weighted by Crippen LogP contribution is 2.24. The number of anilines is 1. The minimum absolute atomic E-state index is 0.00724. The van der Waals surface area contributed by atoms with Crippen molar-refractivity contribution in [3.8, 4) is 5.75 Å². The maximum atomic E-state index is 12.1. The number of benzene rings is 1.